The van der Waals surface area contributed by atoms with Crippen LogP contribution in [0.3, 0.4) is 0 Å². The highest BCUT2D eigenvalue weighted by Gasteiger charge is 2.30. The number of nitrogens with zero attached hydrogens (tertiary/aromatic N) is 2. The van der Waals surface area contributed by atoms with E-state index in [9.17, 15) is 28.1 Å². The fraction of sp³-hybridized carbons (Fsp3) is 0.333. The van der Waals surface area contributed by atoms with Gasteiger partial charge in [-0.1, -0.05) is 0 Å². The smallest absolute Gasteiger partial charge is 0.312 e. The van der Waals surface area contributed by atoms with Gasteiger partial charge < -0.3 is 4.74 Å². The first-order valence-electron chi connectivity index (χ1n) is 4.55. The van der Waals surface area contributed by atoms with Crippen molar-refractivity contribution in [2.24, 2.45) is 0 Å². The Morgan fingerprint density at radius 2 is 2.22 bits per heavy atom. The first-order chi connectivity index (χ1) is 8.38. The Balaban J connectivity index is 3.43. The number of rotatable bonds is 4. The minimum atomic E-state index is -3.16. The summed E-state index contributed by atoms with van der Waals surface area (Å²) in [6.45, 7) is 0. The van der Waals surface area contributed by atoms with Crippen LogP contribution in [0.2, 0.25) is 0 Å². The van der Waals surface area contributed by atoms with Crippen LogP contribution in [0.5, 0.6) is 0 Å². The largest absolute Gasteiger partial charge is 0.469 e. The molecule has 0 aromatic carbocycles. The van der Waals surface area contributed by atoms with E-state index in [2.05, 4.69) is 9.72 Å². The molecule has 0 saturated heterocycles. The molecule has 0 radical (unpaired) electrons. The Hall–Kier alpha value is -2.19. The van der Waals surface area contributed by atoms with E-state index in [1.165, 1.54) is 0 Å². The lowest BCUT2D eigenvalue weighted by atomic mass is 10.1. The summed E-state index contributed by atoms with van der Waals surface area (Å²) >= 11 is 0. The fourth-order valence-corrected chi connectivity index (χ4v) is 1.31. The molecule has 0 saturated carbocycles. The molecular formula is C9H7F3N2O4. The van der Waals surface area contributed by atoms with Gasteiger partial charge in [-0.3, -0.25) is 19.9 Å². The summed E-state index contributed by atoms with van der Waals surface area (Å²) in [6.07, 6.45) is -3.69. The molecule has 98 valence electrons. The number of aromatic nitrogens is 1. The topological polar surface area (TPSA) is 82.3 Å². The highest BCUT2D eigenvalue weighted by Crippen LogP contribution is 2.30. The van der Waals surface area contributed by atoms with Gasteiger partial charge >= 0.3 is 11.7 Å². The molecule has 6 nitrogen and oxygen atoms in total. The van der Waals surface area contributed by atoms with E-state index >= 15 is 0 Å². The fourth-order valence-electron chi connectivity index (χ4n) is 1.31. The molecule has 0 fully saturated rings. The van der Waals surface area contributed by atoms with Gasteiger partial charge in [0.15, 0.2) is 0 Å². The van der Waals surface area contributed by atoms with Crippen LogP contribution in [0.25, 0.3) is 0 Å². The molecule has 1 heterocycles. The van der Waals surface area contributed by atoms with E-state index in [0.29, 0.717) is 6.20 Å². The van der Waals surface area contributed by atoms with E-state index in [1.54, 1.807) is 0 Å². The van der Waals surface area contributed by atoms with Crippen molar-refractivity contribution < 1.29 is 27.6 Å². The molecule has 0 atom stereocenters. The van der Waals surface area contributed by atoms with E-state index in [0.717, 1.165) is 7.11 Å². The zero-order valence-electron chi connectivity index (χ0n) is 9.02. The summed E-state index contributed by atoms with van der Waals surface area (Å²) < 4.78 is 42.6. The highest BCUT2D eigenvalue weighted by molar-refractivity contribution is 5.74. The van der Waals surface area contributed by atoms with Gasteiger partial charge in [0, 0.05) is 0 Å². The maximum absolute atomic E-state index is 13.2. The van der Waals surface area contributed by atoms with Gasteiger partial charge in [0.2, 0.25) is 5.82 Å². The second kappa shape index (κ2) is 5.43. The number of alkyl halides is 2. The molecule has 1 rings (SSSR count). The Kier molecular flexibility index (Phi) is 4.18. The van der Waals surface area contributed by atoms with Crippen molar-refractivity contribution in [2.75, 3.05) is 7.11 Å². The molecular weight excluding hydrogens is 257 g/mol. The van der Waals surface area contributed by atoms with Gasteiger partial charge in [0.25, 0.3) is 6.43 Å². The molecule has 9 heteroatoms. The number of carbonyl (C=O) groups is 1. The number of esters is 1. The van der Waals surface area contributed by atoms with Crippen molar-refractivity contribution in [3.63, 3.8) is 0 Å². The van der Waals surface area contributed by atoms with Crippen molar-refractivity contribution in [3.8, 4) is 0 Å². The van der Waals surface area contributed by atoms with Crippen molar-refractivity contribution in [2.45, 2.75) is 12.8 Å². The van der Waals surface area contributed by atoms with Gasteiger partial charge in [-0.15, -0.1) is 0 Å². The van der Waals surface area contributed by atoms with Gasteiger partial charge in [0.1, 0.15) is 5.69 Å². The van der Waals surface area contributed by atoms with Gasteiger partial charge in [-0.05, 0) is 0 Å². The minimum Gasteiger partial charge on any atom is -0.469 e. The lowest BCUT2D eigenvalue weighted by Gasteiger charge is -2.08. The van der Waals surface area contributed by atoms with Gasteiger partial charge in [-0.25, -0.2) is 8.78 Å². The molecule has 0 unspecified atom stereocenters. The van der Waals surface area contributed by atoms with Crippen molar-refractivity contribution >= 4 is 11.7 Å². The summed E-state index contributed by atoms with van der Waals surface area (Å²) in [5, 5.41) is 10.6. The SMILES string of the molecule is COC(=O)Cc1c(C(F)F)ncc(F)c1[N+](=O)[O-]. The summed E-state index contributed by atoms with van der Waals surface area (Å²) in [4.78, 5) is 23.5. The van der Waals surface area contributed by atoms with Crippen LogP contribution in [0.4, 0.5) is 18.9 Å². The lowest BCUT2D eigenvalue weighted by Crippen LogP contribution is -2.12. The first-order valence-corrected chi connectivity index (χ1v) is 4.55. The number of methoxy groups -OCH3 is 1. The van der Waals surface area contributed by atoms with Crippen molar-refractivity contribution in [1.82, 2.24) is 4.98 Å². The van der Waals surface area contributed by atoms with Crippen molar-refractivity contribution in [1.29, 1.82) is 0 Å². The van der Waals surface area contributed by atoms with Gasteiger partial charge in [-0.2, -0.15) is 4.39 Å². The third-order valence-corrected chi connectivity index (χ3v) is 2.08. The summed E-state index contributed by atoms with van der Waals surface area (Å²) in [7, 11) is 0.975. The molecule has 18 heavy (non-hydrogen) atoms. The van der Waals surface area contributed by atoms with E-state index in [-0.39, 0.29) is 0 Å². The summed E-state index contributed by atoms with van der Waals surface area (Å²) in [5.41, 5.74) is -2.97. The standard InChI is InChI=1S/C9H7F3N2O4/c1-18-6(15)2-4-7(9(11)12)13-3-5(10)8(4)14(16)17/h3,9H,2H2,1H3. The average molecular weight is 264 g/mol. The van der Waals surface area contributed by atoms with Crippen molar-refractivity contribution in [3.05, 3.63) is 33.4 Å². The highest BCUT2D eigenvalue weighted by atomic mass is 19.3. The molecule has 0 aliphatic rings. The molecule has 1 aromatic heterocycles. The van der Waals surface area contributed by atoms with Crippen LogP contribution in [-0.4, -0.2) is 23.0 Å². The monoisotopic (exact) mass is 264 g/mol. The summed E-state index contributed by atoms with van der Waals surface area (Å²) in [6, 6.07) is 0. The van der Waals surface area contributed by atoms with Crippen LogP contribution in [0.1, 0.15) is 17.7 Å². The minimum absolute atomic E-state index is 0.320. The Labute approximate surface area is 98.5 Å². The Morgan fingerprint density at radius 3 is 2.67 bits per heavy atom. The number of pyridine rings is 1. The number of hydrogen-bond donors (Lipinski definition) is 0. The van der Waals surface area contributed by atoms with E-state index in [1.807, 2.05) is 0 Å². The lowest BCUT2D eigenvalue weighted by molar-refractivity contribution is -0.388. The molecule has 0 spiro atoms. The Bertz CT molecular complexity index is 493. The van der Waals surface area contributed by atoms with Crippen LogP contribution >= 0.6 is 0 Å². The molecule has 0 bridgehead atoms. The second-order valence-corrected chi connectivity index (χ2v) is 3.13. The predicted octanol–water partition coefficient (Wildman–Crippen LogP) is 1.78. The number of hydrogen-bond acceptors (Lipinski definition) is 5. The maximum atomic E-state index is 13.2. The number of nitro groups is 1. The second-order valence-electron chi connectivity index (χ2n) is 3.13. The van der Waals surface area contributed by atoms with E-state index < -0.39 is 46.5 Å². The maximum Gasteiger partial charge on any atom is 0.312 e. The first kappa shape index (κ1) is 13.9. The van der Waals surface area contributed by atoms with E-state index in [4.69, 9.17) is 0 Å². The zero-order valence-corrected chi connectivity index (χ0v) is 9.02. The predicted molar refractivity (Wildman–Crippen MR) is 51.5 cm³/mol. The third-order valence-electron chi connectivity index (χ3n) is 2.08. The molecule has 1 aromatic rings. The number of ether oxygens (including phenoxy) is 1. The summed E-state index contributed by atoms with van der Waals surface area (Å²) in [5.74, 6) is -2.39. The average Bonchev–Trinajstić information content (AvgIpc) is 2.27. The number of halogens is 3. The van der Waals surface area contributed by atoms with Crippen LogP contribution < -0.4 is 0 Å². The molecule has 0 N–H and O–H groups in total. The van der Waals surface area contributed by atoms with Crippen LogP contribution in [0, 0.1) is 15.9 Å². The molecule has 0 aliphatic carbocycles. The van der Waals surface area contributed by atoms with Crippen LogP contribution in [-0.2, 0) is 16.0 Å². The zero-order chi connectivity index (χ0) is 13.9. The number of carbonyl (C=O) groups excluding carboxylic acids is 1. The molecule has 0 amide bonds. The normalized spacial score (nSPS) is 10.5. The van der Waals surface area contributed by atoms with Crippen LogP contribution in [0.15, 0.2) is 6.20 Å². The van der Waals surface area contributed by atoms with Gasteiger partial charge in [0.05, 0.1) is 30.2 Å². The quantitative estimate of drug-likeness (QED) is 0.470. The Morgan fingerprint density at radius 1 is 1.61 bits per heavy atom. The third kappa shape index (κ3) is 2.73. The molecule has 0 aliphatic heterocycles.